The highest BCUT2D eigenvalue weighted by Crippen LogP contribution is 2.31. The third-order valence-electron chi connectivity index (χ3n) is 5.15. The number of benzene rings is 3. The second kappa shape index (κ2) is 10.2. The number of halogens is 2. The Morgan fingerprint density at radius 1 is 0.778 bits per heavy atom. The van der Waals surface area contributed by atoms with Crippen molar-refractivity contribution in [2.24, 2.45) is 10.2 Å². The molecule has 0 bridgehead atoms. The molecule has 0 aliphatic carbocycles. The van der Waals surface area contributed by atoms with Gasteiger partial charge in [0.25, 0.3) is 16.9 Å². The van der Waals surface area contributed by atoms with Gasteiger partial charge in [-0.25, -0.2) is 0 Å². The summed E-state index contributed by atoms with van der Waals surface area (Å²) in [6, 6.07) is 21.0. The lowest BCUT2D eigenvalue weighted by Gasteiger charge is -2.37. The van der Waals surface area contributed by atoms with Crippen molar-refractivity contribution in [1.82, 2.24) is 10.2 Å². The van der Waals surface area contributed by atoms with Crippen LogP contribution in [0.4, 0.5) is 16.5 Å². The van der Waals surface area contributed by atoms with E-state index in [2.05, 4.69) is 20.4 Å². The highest BCUT2D eigenvalue weighted by atomic mass is 35.5. The van der Waals surface area contributed by atoms with Crippen molar-refractivity contribution in [1.29, 1.82) is 0 Å². The van der Waals surface area contributed by atoms with Crippen molar-refractivity contribution in [3.63, 3.8) is 0 Å². The van der Waals surface area contributed by atoms with Crippen LogP contribution < -0.4 is 9.80 Å². The average Bonchev–Trinajstić information content (AvgIpc) is 3.36. The maximum Gasteiger partial charge on any atom is 0.269 e. The number of rotatable bonds is 5. The maximum absolute atomic E-state index is 13.5. The SMILES string of the molecule is O=C1C(N=Nc2nnc(-c3ccccc3)s2)C(=O)N(c2ccc(Cl)cc2)C(=S)N1c1ccc(Cl)cc1. The molecule has 0 saturated carbocycles. The van der Waals surface area contributed by atoms with Crippen LogP contribution in [0.5, 0.6) is 0 Å². The van der Waals surface area contributed by atoms with E-state index >= 15 is 0 Å². The number of hydrogen-bond donors (Lipinski definition) is 0. The molecule has 0 radical (unpaired) electrons. The molecular formula is C24H14Cl2N6O2S2. The Morgan fingerprint density at radius 3 is 1.83 bits per heavy atom. The van der Waals surface area contributed by atoms with E-state index in [1.807, 2.05) is 30.3 Å². The summed E-state index contributed by atoms with van der Waals surface area (Å²) in [6.45, 7) is 0. The molecule has 12 heteroatoms. The van der Waals surface area contributed by atoms with Gasteiger partial charge in [-0.2, -0.15) is 5.11 Å². The molecule has 8 nitrogen and oxygen atoms in total. The van der Waals surface area contributed by atoms with E-state index in [9.17, 15) is 9.59 Å². The number of thiocarbonyl (C=S) groups is 1. The Morgan fingerprint density at radius 2 is 1.31 bits per heavy atom. The van der Waals surface area contributed by atoms with Gasteiger partial charge in [-0.1, -0.05) is 64.9 Å². The monoisotopic (exact) mass is 552 g/mol. The zero-order chi connectivity index (χ0) is 25.2. The summed E-state index contributed by atoms with van der Waals surface area (Å²) in [4.78, 5) is 29.4. The summed E-state index contributed by atoms with van der Waals surface area (Å²) in [5.74, 6) is -1.29. The fraction of sp³-hybridized carbons (Fsp3) is 0.0417. The molecule has 1 aliphatic rings. The standard InChI is InChI=1S/C24H14Cl2N6O2S2/c25-15-6-10-17(11-7-15)31-21(33)19(22(34)32(24(31)35)18-12-8-16(26)9-13-18)27-29-23-30-28-20(36-23)14-4-2-1-3-5-14/h1-13,19H. The van der Waals surface area contributed by atoms with Gasteiger partial charge >= 0.3 is 0 Å². The second-order valence-corrected chi connectivity index (χ2v) is 9.65. The van der Waals surface area contributed by atoms with E-state index in [0.29, 0.717) is 26.4 Å². The minimum Gasteiger partial charge on any atom is -0.271 e. The molecule has 2 heterocycles. The van der Waals surface area contributed by atoms with Gasteiger partial charge in [0.05, 0.1) is 11.4 Å². The zero-order valence-corrected chi connectivity index (χ0v) is 21.3. The van der Waals surface area contributed by atoms with Gasteiger partial charge in [-0.3, -0.25) is 19.4 Å². The number of aromatic nitrogens is 2. The molecule has 2 amide bonds. The van der Waals surface area contributed by atoms with Crippen molar-refractivity contribution in [2.75, 3.05) is 9.80 Å². The molecule has 0 atom stereocenters. The first-order chi connectivity index (χ1) is 17.4. The van der Waals surface area contributed by atoms with Crippen LogP contribution in [0.25, 0.3) is 10.6 Å². The molecule has 1 saturated heterocycles. The van der Waals surface area contributed by atoms with Crippen molar-refractivity contribution < 1.29 is 9.59 Å². The summed E-state index contributed by atoms with van der Waals surface area (Å²) in [7, 11) is 0. The lowest BCUT2D eigenvalue weighted by atomic mass is 10.1. The van der Waals surface area contributed by atoms with Crippen molar-refractivity contribution in [2.45, 2.75) is 6.04 Å². The van der Waals surface area contributed by atoms with Gasteiger partial charge in [0.1, 0.15) is 5.01 Å². The number of azo groups is 1. The van der Waals surface area contributed by atoms with Gasteiger partial charge in [-0.15, -0.1) is 15.3 Å². The summed E-state index contributed by atoms with van der Waals surface area (Å²) >= 11 is 18.8. The Bertz CT molecular complexity index is 1410. The largest absolute Gasteiger partial charge is 0.271 e. The summed E-state index contributed by atoms with van der Waals surface area (Å²) in [5.41, 5.74) is 1.74. The number of hydrogen-bond acceptors (Lipinski definition) is 8. The van der Waals surface area contributed by atoms with Crippen LogP contribution in [0.2, 0.25) is 10.0 Å². The van der Waals surface area contributed by atoms with E-state index in [1.54, 1.807) is 48.5 Å². The highest BCUT2D eigenvalue weighted by Gasteiger charge is 2.45. The van der Waals surface area contributed by atoms with E-state index in [4.69, 9.17) is 35.4 Å². The fourth-order valence-corrected chi connectivity index (χ4v) is 4.77. The molecule has 1 fully saturated rings. The number of anilines is 2. The topological polar surface area (TPSA) is 91.1 Å². The van der Waals surface area contributed by atoms with Crippen molar-refractivity contribution in [3.05, 3.63) is 88.9 Å². The van der Waals surface area contributed by atoms with E-state index < -0.39 is 17.9 Å². The first-order valence-electron chi connectivity index (χ1n) is 10.5. The summed E-state index contributed by atoms with van der Waals surface area (Å²) in [5, 5.41) is 18.1. The smallest absolute Gasteiger partial charge is 0.269 e. The van der Waals surface area contributed by atoms with Crippen LogP contribution in [0.3, 0.4) is 0 Å². The van der Waals surface area contributed by atoms with Crippen LogP contribution in [-0.4, -0.2) is 33.2 Å². The maximum atomic E-state index is 13.5. The Hall–Kier alpha value is -3.57. The molecule has 1 aliphatic heterocycles. The molecule has 3 aromatic carbocycles. The van der Waals surface area contributed by atoms with Gasteiger partial charge in [-0.05, 0) is 60.7 Å². The second-order valence-electron chi connectivity index (χ2n) is 7.46. The van der Waals surface area contributed by atoms with Crippen LogP contribution in [0.1, 0.15) is 0 Å². The van der Waals surface area contributed by atoms with E-state index in [1.165, 1.54) is 21.1 Å². The number of carbonyl (C=O) groups is 2. The van der Waals surface area contributed by atoms with Gasteiger partial charge in [0, 0.05) is 15.6 Å². The van der Waals surface area contributed by atoms with E-state index in [-0.39, 0.29) is 10.2 Å². The van der Waals surface area contributed by atoms with Crippen LogP contribution in [0, 0.1) is 0 Å². The number of nitrogens with zero attached hydrogens (tertiary/aromatic N) is 6. The fourth-order valence-electron chi connectivity index (χ4n) is 3.45. The predicted molar refractivity (Wildman–Crippen MR) is 144 cm³/mol. The molecule has 0 unspecified atom stereocenters. The lowest BCUT2D eigenvalue weighted by molar-refractivity contribution is -0.128. The predicted octanol–water partition coefficient (Wildman–Crippen LogP) is 6.33. The van der Waals surface area contributed by atoms with E-state index in [0.717, 1.165) is 5.56 Å². The van der Waals surface area contributed by atoms with Crippen LogP contribution >= 0.6 is 46.8 Å². The van der Waals surface area contributed by atoms with Crippen molar-refractivity contribution in [3.8, 4) is 10.6 Å². The molecule has 1 aromatic heterocycles. The molecule has 0 N–H and O–H groups in total. The number of amides is 2. The quantitative estimate of drug-likeness (QED) is 0.164. The third kappa shape index (κ3) is 4.76. The normalized spacial score (nSPS) is 14.8. The minimum absolute atomic E-state index is 0.0247. The minimum atomic E-state index is -1.49. The molecule has 0 spiro atoms. The highest BCUT2D eigenvalue weighted by molar-refractivity contribution is 7.81. The Labute approximate surface area is 224 Å². The molecule has 36 heavy (non-hydrogen) atoms. The molecule has 5 rings (SSSR count). The first kappa shape index (κ1) is 24.1. The number of carbonyl (C=O) groups excluding carboxylic acids is 2. The molecule has 4 aromatic rings. The molecular weight excluding hydrogens is 539 g/mol. The zero-order valence-electron chi connectivity index (χ0n) is 18.2. The lowest BCUT2D eigenvalue weighted by Crippen LogP contribution is -2.62. The van der Waals surface area contributed by atoms with Crippen LogP contribution in [-0.2, 0) is 9.59 Å². The molecule has 178 valence electrons. The van der Waals surface area contributed by atoms with Crippen molar-refractivity contribution >= 4 is 80.2 Å². The average molecular weight is 553 g/mol. The van der Waals surface area contributed by atoms with Crippen LogP contribution in [0.15, 0.2) is 89.1 Å². The third-order valence-corrected chi connectivity index (χ3v) is 6.88. The van der Waals surface area contributed by atoms with Gasteiger partial charge < -0.3 is 0 Å². The van der Waals surface area contributed by atoms with Gasteiger partial charge in [0.15, 0.2) is 5.11 Å². The summed E-state index contributed by atoms with van der Waals surface area (Å²) < 4.78 is 0. The summed E-state index contributed by atoms with van der Waals surface area (Å²) in [6.07, 6.45) is 0. The first-order valence-corrected chi connectivity index (χ1v) is 12.4. The Kier molecular flexibility index (Phi) is 6.84. The Balaban J connectivity index is 1.51. The van der Waals surface area contributed by atoms with Gasteiger partial charge in [0.2, 0.25) is 6.04 Å².